The Balaban J connectivity index is 0.000000270. The van der Waals surface area contributed by atoms with Crippen molar-refractivity contribution in [2.45, 2.75) is 47.0 Å². The molecular weight excluding hydrogens is 462 g/mol. The normalized spacial score (nSPS) is 11.3. The fourth-order valence-electron chi connectivity index (χ4n) is 2.87. The zero-order valence-electron chi connectivity index (χ0n) is 20.7. The van der Waals surface area contributed by atoms with E-state index in [0.717, 1.165) is 44.2 Å². The molecule has 0 spiro atoms. The Morgan fingerprint density at radius 1 is 1.15 bits per heavy atom. The van der Waals surface area contributed by atoms with Crippen LogP contribution in [0, 0.1) is 20.8 Å². The van der Waals surface area contributed by atoms with E-state index in [1.807, 2.05) is 68.8 Å². The molecule has 3 rings (SSSR count). The SMILES string of the molecule is C=N/C(=C\SCNc1ccc(C)cn1)c1sc(C)nc1C.CC(C)(C)c1ccc(NC=O)cc1. The lowest BCUT2D eigenvalue weighted by Gasteiger charge is -2.18. The molecule has 2 heterocycles. The zero-order valence-corrected chi connectivity index (χ0v) is 22.3. The largest absolute Gasteiger partial charge is 0.361 e. The average molecular weight is 496 g/mol. The van der Waals surface area contributed by atoms with Crippen molar-refractivity contribution in [3.8, 4) is 0 Å². The van der Waals surface area contributed by atoms with E-state index in [1.165, 1.54) is 5.56 Å². The molecule has 0 aliphatic heterocycles. The van der Waals surface area contributed by atoms with Crippen LogP contribution in [0.25, 0.3) is 5.70 Å². The van der Waals surface area contributed by atoms with Crippen molar-refractivity contribution in [2.24, 2.45) is 4.99 Å². The summed E-state index contributed by atoms with van der Waals surface area (Å²) in [6.07, 6.45) is 2.54. The number of anilines is 2. The first kappa shape index (κ1) is 27.3. The van der Waals surface area contributed by atoms with Crippen molar-refractivity contribution in [1.82, 2.24) is 9.97 Å². The van der Waals surface area contributed by atoms with Crippen LogP contribution in [0.1, 0.15) is 47.5 Å². The number of nitrogens with zero attached hydrogens (tertiary/aromatic N) is 3. The molecule has 0 bridgehead atoms. The molecule has 1 aromatic carbocycles. The molecule has 0 aliphatic rings. The first-order chi connectivity index (χ1) is 16.1. The van der Waals surface area contributed by atoms with Gasteiger partial charge in [0.25, 0.3) is 0 Å². The van der Waals surface area contributed by atoms with Gasteiger partial charge in [-0.05, 0) is 67.6 Å². The molecule has 1 amide bonds. The van der Waals surface area contributed by atoms with Crippen molar-refractivity contribution in [1.29, 1.82) is 0 Å². The number of carbonyl (C=O) groups excluding carboxylic acids is 1. The molecule has 2 aromatic heterocycles. The third kappa shape index (κ3) is 8.76. The molecule has 6 nitrogen and oxygen atoms in total. The number of aromatic nitrogens is 2. The van der Waals surface area contributed by atoms with Crippen molar-refractivity contribution in [3.63, 3.8) is 0 Å². The minimum absolute atomic E-state index is 0.166. The Bertz CT molecular complexity index is 1100. The van der Waals surface area contributed by atoms with E-state index >= 15 is 0 Å². The molecule has 0 radical (unpaired) electrons. The van der Waals surface area contributed by atoms with Gasteiger partial charge in [0.2, 0.25) is 6.41 Å². The number of thiazole rings is 1. The predicted molar refractivity (Wildman–Crippen MR) is 149 cm³/mol. The monoisotopic (exact) mass is 495 g/mol. The fraction of sp³-hybridized carbons (Fsp3) is 0.308. The number of rotatable bonds is 8. The minimum atomic E-state index is 0.166. The summed E-state index contributed by atoms with van der Waals surface area (Å²) in [5.74, 6) is 1.60. The number of nitrogens with one attached hydrogen (secondary N) is 2. The summed E-state index contributed by atoms with van der Waals surface area (Å²) in [6.45, 7) is 16.2. The molecule has 8 heteroatoms. The van der Waals surface area contributed by atoms with E-state index in [9.17, 15) is 4.79 Å². The average Bonchev–Trinajstić information content (AvgIpc) is 3.13. The lowest BCUT2D eigenvalue weighted by Crippen LogP contribution is -2.10. The Labute approximate surface area is 211 Å². The lowest BCUT2D eigenvalue weighted by atomic mass is 9.87. The van der Waals surface area contributed by atoms with E-state index in [4.69, 9.17) is 0 Å². The smallest absolute Gasteiger partial charge is 0.211 e. The highest BCUT2D eigenvalue weighted by molar-refractivity contribution is 8.02. The number of aliphatic imine (C=N–C) groups is 1. The lowest BCUT2D eigenvalue weighted by molar-refractivity contribution is -0.105. The van der Waals surface area contributed by atoms with Crippen LogP contribution in [-0.4, -0.2) is 29.0 Å². The molecule has 0 fully saturated rings. The third-order valence-electron chi connectivity index (χ3n) is 4.73. The van der Waals surface area contributed by atoms with Crippen LogP contribution in [0.4, 0.5) is 11.5 Å². The quantitative estimate of drug-likeness (QED) is 0.155. The standard InChI is InChI=1S/C15H18N4S2.C11H15NO/c1-10-5-6-14(17-7-10)18-9-20-8-13(16-4)15-11(2)19-12(3)21-15;1-11(2,3)9-4-6-10(7-5-9)12-8-13/h5-8H,4,9H2,1-3H3,(H,17,18);4-8H,1-3H3,(H,12,13)/b13-8-;. The fourth-order valence-corrected chi connectivity index (χ4v) is 4.51. The van der Waals surface area contributed by atoms with Gasteiger partial charge >= 0.3 is 0 Å². The second kappa shape index (κ2) is 13.1. The number of hydrogen-bond donors (Lipinski definition) is 2. The van der Waals surface area contributed by atoms with Gasteiger partial charge in [0.05, 0.1) is 27.2 Å². The molecule has 0 aliphatic carbocycles. The summed E-state index contributed by atoms with van der Waals surface area (Å²) in [6, 6.07) is 11.9. The Morgan fingerprint density at radius 2 is 1.85 bits per heavy atom. The minimum Gasteiger partial charge on any atom is -0.361 e. The van der Waals surface area contributed by atoms with Crippen LogP contribution < -0.4 is 10.6 Å². The van der Waals surface area contributed by atoms with Crippen molar-refractivity contribution in [3.05, 3.63) is 74.7 Å². The van der Waals surface area contributed by atoms with Gasteiger partial charge in [-0.3, -0.25) is 9.79 Å². The molecule has 0 saturated heterocycles. The number of aryl methyl sites for hydroxylation is 3. The third-order valence-corrected chi connectivity index (χ3v) is 6.52. The maximum absolute atomic E-state index is 10.1. The Kier molecular flexibility index (Phi) is 10.5. The molecule has 3 aromatic rings. The molecule has 0 atom stereocenters. The number of hydrogen-bond acceptors (Lipinski definition) is 7. The van der Waals surface area contributed by atoms with Crippen LogP contribution in [0.15, 0.2) is 53.0 Å². The highest BCUT2D eigenvalue weighted by atomic mass is 32.2. The maximum Gasteiger partial charge on any atom is 0.211 e. The Morgan fingerprint density at radius 3 is 2.35 bits per heavy atom. The van der Waals surface area contributed by atoms with E-state index in [1.54, 1.807) is 23.1 Å². The number of amides is 1. The van der Waals surface area contributed by atoms with Crippen molar-refractivity contribution in [2.75, 3.05) is 16.5 Å². The van der Waals surface area contributed by atoms with E-state index in [0.29, 0.717) is 6.41 Å². The van der Waals surface area contributed by atoms with Crippen molar-refractivity contribution < 1.29 is 4.79 Å². The summed E-state index contributed by atoms with van der Waals surface area (Å²) in [5, 5.41) is 8.91. The van der Waals surface area contributed by atoms with Gasteiger partial charge in [-0.25, -0.2) is 9.97 Å². The van der Waals surface area contributed by atoms with Gasteiger partial charge in [0, 0.05) is 11.9 Å². The highest BCUT2D eigenvalue weighted by Crippen LogP contribution is 2.28. The number of thioether (sulfide) groups is 1. The molecule has 2 N–H and O–H groups in total. The van der Waals surface area contributed by atoms with Gasteiger partial charge in [-0.1, -0.05) is 39.0 Å². The summed E-state index contributed by atoms with van der Waals surface area (Å²) >= 11 is 3.27. The van der Waals surface area contributed by atoms with Crippen LogP contribution >= 0.6 is 23.1 Å². The first-order valence-corrected chi connectivity index (χ1v) is 12.7. The van der Waals surface area contributed by atoms with Gasteiger partial charge in [0.15, 0.2) is 0 Å². The van der Waals surface area contributed by atoms with Gasteiger partial charge in [-0.15, -0.1) is 23.1 Å². The Hall–Kier alpha value is -2.97. The van der Waals surface area contributed by atoms with E-state index < -0.39 is 0 Å². The van der Waals surface area contributed by atoms with Gasteiger partial charge in [0.1, 0.15) is 5.82 Å². The van der Waals surface area contributed by atoms with Crippen LogP contribution in [0.3, 0.4) is 0 Å². The second-order valence-electron chi connectivity index (χ2n) is 8.61. The van der Waals surface area contributed by atoms with Gasteiger partial charge in [-0.2, -0.15) is 0 Å². The number of pyridine rings is 1. The summed E-state index contributed by atoms with van der Waals surface area (Å²) in [7, 11) is 0. The second-order valence-corrected chi connectivity index (χ2v) is 10.7. The van der Waals surface area contributed by atoms with E-state index in [-0.39, 0.29) is 5.41 Å². The number of benzene rings is 1. The molecule has 0 saturated carbocycles. The molecule has 34 heavy (non-hydrogen) atoms. The first-order valence-electron chi connectivity index (χ1n) is 10.8. The molecular formula is C26H33N5OS2. The van der Waals surface area contributed by atoms with Crippen LogP contribution in [0.5, 0.6) is 0 Å². The number of carbonyl (C=O) groups is 1. The molecule has 0 unspecified atom stereocenters. The summed E-state index contributed by atoms with van der Waals surface area (Å²) < 4.78 is 0. The summed E-state index contributed by atoms with van der Waals surface area (Å²) in [4.78, 5) is 24.1. The van der Waals surface area contributed by atoms with Crippen LogP contribution in [0.2, 0.25) is 0 Å². The summed E-state index contributed by atoms with van der Waals surface area (Å²) in [5.41, 5.74) is 5.31. The van der Waals surface area contributed by atoms with E-state index in [2.05, 4.69) is 53.1 Å². The zero-order chi connectivity index (χ0) is 25.1. The highest BCUT2D eigenvalue weighted by Gasteiger charge is 2.12. The maximum atomic E-state index is 10.1. The van der Waals surface area contributed by atoms with Crippen LogP contribution in [-0.2, 0) is 10.2 Å². The van der Waals surface area contributed by atoms with Gasteiger partial charge < -0.3 is 10.6 Å². The van der Waals surface area contributed by atoms with Crippen molar-refractivity contribution >= 4 is 53.4 Å². The topological polar surface area (TPSA) is 79.3 Å². The predicted octanol–water partition coefficient (Wildman–Crippen LogP) is 6.82. The molecule has 180 valence electrons.